The van der Waals surface area contributed by atoms with E-state index in [1.54, 1.807) is 44.6 Å². The number of benzene rings is 2. The Labute approximate surface area is 176 Å². The smallest absolute Gasteiger partial charge is 0.231 e. The lowest BCUT2D eigenvalue weighted by molar-refractivity contribution is -0.922. The summed E-state index contributed by atoms with van der Waals surface area (Å²) in [5.74, 6) is 2.59. The molecule has 2 atom stereocenters. The molecule has 2 N–H and O–H groups in total. The lowest BCUT2D eigenvalue weighted by atomic mass is 9.99. The van der Waals surface area contributed by atoms with Crippen molar-refractivity contribution in [3.8, 4) is 23.0 Å². The lowest BCUT2D eigenvalue weighted by Crippen LogP contribution is -3.12. The van der Waals surface area contributed by atoms with Crippen LogP contribution in [0.3, 0.4) is 0 Å². The van der Waals surface area contributed by atoms with Gasteiger partial charge in [-0.1, -0.05) is 13.0 Å². The van der Waals surface area contributed by atoms with Gasteiger partial charge >= 0.3 is 0 Å². The molecule has 0 amide bonds. The number of aromatic hydroxyl groups is 1. The minimum atomic E-state index is -0.178. The molecule has 158 valence electrons. The SMILES string of the molecule is COc1ccc(/C=C2\Oc3c(ccc(O)c3C[NH+]3CCC[C@@H](C)C3)C2=O)cc1OC. The van der Waals surface area contributed by atoms with E-state index < -0.39 is 0 Å². The highest BCUT2D eigenvalue weighted by Crippen LogP contribution is 2.39. The molecule has 1 fully saturated rings. The van der Waals surface area contributed by atoms with Crippen LogP contribution in [0.5, 0.6) is 23.0 Å². The minimum absolute atomic E-state index is 0.178. The molecule has 6 nitrogen and oxygen atoms in total. The highest BCUT2D eigenvalue weighted by atomic mass is 16.5. The number of rotatable bonds is 5. The van der Waals surface area contributed by atoms with Crippen molar-refractivity contribution < 1.29 is 29.0 Å². The van der Waals surface area contributed by atoms with Gasteiger partial charge in [0.05, 0.1) is 38.4 Å². The lowest BCUT2D eigenvalue weighted by Gasteiger charge is -2.28. The van der Waals surface area contributed by atoms with Crippen LogP contribution in [0.2, 0.25) is 0 Å². The van der Waals surface area contributed by atoms with Gasteiger partial charge in [0.25, 0.3) is 0 Å². The molecule has 0 aliphatic carbocycles. The normalized spacial score (nSPS) is 22.0. The van der Waals surface area contributed by atoms with E-state index in [-0.39, 0.29) is 17.3 Å². The molecule has 2 aliphatic heterocycles. The minimum Gasteiger partial charge on any atom is -0.507 e. The maximum Gasteiger partial charge on any atom is 0.231 e. The van der Waals surface area contributed by atoms with E-state index in [1.165, 1.54) is 17.7 Å². The summed E-state index contributed by atoms with van der Waals surface area (Å²) in [7, 11) is 3.15. The number of Topliss-reactive ketones (excluding diaryl/α,β-unsaturated/α-hetero) is 1. The quantitative estimate of drug-likeness (QED) is 0.742. The second-order valence-electron chi connectivity index (χ2n) is 8.12. The maximum atomic E-state index is 12.9. The van der Waals surface area contributed by atoms with E-state index >= 15 is 0 Å². The predicted molar refractivity (Wildman–Crippen MR) is 113 cm³/mol. The fourth-order valence-electron chi connectivity index (χ4n) is 4.37. The molecule has 0 saturated carbocycles. The number of quaternary nitrogens is 1. The first kappa shape index (κ1) is 20.3. The van der Waals surface area contributed by atoms with E-state index in [9.17, 15) is 9.90 Å². The Bertz CT molecular complexity index is 997. The van der Waals surface area contributed by atoms with Crippen molar-refractivity contribution in [3.05, 3.63) is 52.8 Å². The number of ether oxygens (including phenoxy) is 3. The number of methoxy groups -OCH3 is 2. The number of allylic oxidation sites excluding steroid dienone is 1. The van der Waals surface area contributed by atoms with Crippen LogP contribution in [-0.2, 0) is 6.54 Å². The Balaban J connectivity index is 1.63. The van der Waals surface area contributed by atoms with Crippen LogP contribution in [0.15, 0.2) is 36.1 Å². The fourth-order valence-corrected chi connectivity index (χ4v) is 4.37. The molecule has 1 saturated heterocycles. The summed E-state index contributed by atoms with van der Waals surface area (Å²) in [5.41, 5.74) is 1.98. The molecule has 0 aromatic heterocycles. The second kappa shape index (κ2) is 8.40. The zero-order valence-electron chi connectivity index (χ0n) is 17.7. The number of nitrogens with one attached hydrogen (secondary N) is 1. The van der Waals surface area contributed by atoms with Crippen LogP contribution in [0.25, 0.3) is 6.08 Å². The molecule has 2 heterocycles. The van der Waals surface area contributed by atoms with Crippen molar-refractivity contribution in [2.24, 2.45) is 5.92 Å². The third-order valence-electron chi connectivity index (χ3n) is 5.91. The van der Waals surface area contributed by atoms with Crippen molar-refractivity contribution in [1.82, 2.24) is 0 Å². The van der Waals surface area contributed by atoms with Crippen LogP contribution >= 0.6 is 0 Å². The van der Waals surface area contributed by atoms with Gasteiger partial charge in [-0.3, -0.25) is 4.79 Å². The number of hydrogen-bond acceptors (Lipinski definition) is 5. The van der Waals surface area contributed by atoms with Gasteiger partial charge < -0.3 is 24.2 Å². The molecule has 0 spiro atoms. The molecule has 0 bridgehead atoms. The monoisotopic (exact) mass is 410 g/mol. The number of phenols is 1. The third kappa shape index (κ3) is 3.87. The topological polar surface area (TPSA) is 69.4 Å². The van der Waals surface area contributed by atoms with Crippen molar-refractivity contribution in [3.63, 3.8) is 0 Å². The van der Waals surface area contributed by atoms with Gasteiger partial charge in [-0.25, -0.2) is 0 Å². The highest BCUT2D eigenvalue weighted by molar-refractivity contribution is 6.15. The number of phenolic OH excluding ortho intramolecular Hbond substituents is 1. The van der Waals surface area contributed by atoms with Gasteiger partial charge in [0.1, 0.15) is 12.3 Å². The van der Waals surface area contributed by atoms with Gasteiger partial charge in [-0.15, -0.1) is 0 Å². The van der Waals surface area contributed by atoms with E-state index in [0.717, 1.165) is 18.7 Å². The van der Waals surface area contributed by atoms with Crippen molar-refractivity contribution in [2.45, 2.75) is 26.3 Å². The summed E-state index contributed by atoms with van der Waals surface area (Å²) in [6.45, 7) is 5.04. The number of fused-ring (bicyclic) bond motifs is 1. The number of hydrogen-bond donors (Lipinski definition) is 2. The molecule has 6 heteroatoms. The van der Waals surface area contributed by atoms with Crippen molar-refractivity contribution in [2.75, 3.05) is 27.3 Å². The largest absolute Gasteiger partial charge is 0.507 e. The Morgan fingerprint density at radius 1 is 1.20 bits per heavy atom. The van der Waals surface area contributed by atoms with Crippen LogP contribution in [0.4, 0.5) is 0 Å². The fraction of sp³-hybridized carbons (Fsp3) is 0.375. The zero-order chi connectivity index (χ0) is 21.3. The molecule has 4 rings (SSSR count). The van der Waals surface area contributed by atoms with Crippen molar-refractivity contribution in [1.29, 1.82) is 0 Å². The summed E-state index contributed by atoms with van der Waals surface area (Å²) >= 11 is 0. The molecule has 30 heavy (non-hydrogen) atoms. The number of ketones is 1. The van der Waals surface area contributed by atoms with Gasteiger partial charge in [0.2, 0.25) is 5.78 Å². The summed E-state index contributed by atoms with van der Waals surface area (Å²) in [6, 6.07) is 8.66. The Hall–Kier alpha value is -2.99. The molecular formula is C24H28NO5+. The summed E-state index contributed by atoms with van der Waals surface area (Å²) in [4.78, 5) is 14.4. The zero-order valence-corrected chi connectivity index (χ0v) is 17.7. The molecule has 0 radical (unpaired) electrons. The molecular weight excluding hydrogens is 382 g/mol. The average Bonchev–Trinajstić information content (AvgIpc) is 3.05. The van der Waals surface area contributed by atoms with Crippen molar-refractivity contribution >= 4 is 11.9 Å². The van der Waals surface area contributed by atoms with Crippen LogP contribution in [0.1, 0.15) is 41.3 Å². The average molecular weight is 410 g/mol. The second-order valence-corrected chi connectivity index (χ2v) is 8.12. The van der Waals surface area contributed by atoms with E-state index in [1.807, 2.05) is 6.07 Å². The number of likely N-dealkylation sites (tertiary alicyclic amines) is 1. The first-order valence-electron chi connectivity index (χ1n) is 10.3. The Morgan fingerprint density at radius 2 is 2.00 bits per heavy atom. The predicted octanol–water partition coefficient (Wildman–Crippen LogP) is 2.84. The first-order valence-corrected chi connectivity index (χ1v) is 10.3. The Kier molecular flexibility index (Phi) is 5.68. The van der Waals surface area contributed by atoms with E-state index in [0.29, 0.717) is 40.8 Å². The maximum absolute atomic E-state index is 12.9. The molecule has 2 aliphatic rings. The van der Waals surface area contributed by atoms with Gasteiger partial charge in [-0.2, -0.15) is 0 Å². The standard InChI is InChI=1S/C24H27NO5/c1-15-5-4-10-25(13-15)14-18-19(26)8-7-17-23(27)22(30-24(17)18)12-16-6-9-20(28-2)21(11-16)29-3/h6-9,11-12,15,26H,4-5,10,13-14H2,1-3H3/p+1/b22-12-/t15-/m1/s1. The Morgan fingerprint density at radius 3 is 2.73 bits per heavy atom. The van der Waals surface area contributed by atoms with Gasteiger partial charge in [0.15, 0.2) is 23.0 Å². The van der Waals surface area contributed by atoms with Crippen LogP contribution < -0.4 is 19.1 Å². The van der Waals surface area contributed by atoms with E-state index in [4.69, 9.17) is 14.2 Å². The van der Waals surface area contributed by atoms with Crippen LogP contribution in [-0.4, -0.2) is 38.2 Å². The highest BCUT2D eigenvalue weighted by Gasteiger charge is 2.33. The first-order chi connectivity index (χ1) is 14.5. The number of carbonyl (C=O) groups excluding carboxylic acids is 1. The summed E-state index contributed by atoms with van der Waals surface area (Å²) in [5, 5.41) is 10.5. The molecule has 2 aromatic rings. The summed E-state index contributed by atoms with van der Waals surface area (Å²) < 4.78 is 16.6. The number of carbonyl (C=O) groups is 1. The van der Waals surface area contributed by atoms with Gasteiger partial charge in [-0.05, 0) is 48.7 Å². The van der Waals surface area contributed by atoms with E-state index in [2.05, 4.69) is 6.92 Å². The molecule has 2 aromatic carbocycles. The number of piperidine rings is 1. The third-order valence-corrected chi connectivity index (χ3v) is 5.91. The molecule has 1 unspecified atom stereocenters. The van der Waals surface area contributed by atoms with Crippen LogP contribution in [0, 0.1) is 5.92 Å². The summed E-state index contributed by atoms with van der Waals surface area (Å²) in [6.07, 6.45) is 4.12. The van der Waals surface area contributed by atoms with Gasteiger partial charge in [0, 0.05) is 5.92 Å².